The van der Waals surface area contributed by atoms with Gasteiger partial charge in [-0.1, -0.05) is 0 Å². The van der Waals surface area contributed by atoms with Crippen molar-refractivity contribution in [2.24, 2.45) is 12.8 Å². The number of nitrogens with zero attached hydrogens (tertiary/aromatic N) is 3. The number of aromatic nitrogens is 2. The molecule has 0 radical (unpaired) electrons. The monoisotopic (exact) mass is 378 g/mol. The minimum atomic E-state index is -3.74. The van der Waals surface area contributed by atoms with Crippen LogP contribution in [0.5, 0.6) is 5.75 Å². The lowest BCUT2D eigenvalue weighted by Gasteiger charge is -2.31. The van der Waals surface area contributed by atoms with Crippen molar-refractivity contribution in [1.29, 1.82) is 0 Å². The van der Waals surface area contributed by atoms with Crippen LogP contribution >= 0.6 is 0 Å². The molecule has 9 heteroatoms. The van der Waals surface area contributed by atoms with Gasteiger partial charge >= 0.3 is 0 Å². The van der Waals surface area contributed by atoms with Gasteiger partial charge in [0.15, 0.2) is 0 Å². The first kappa shape index (κ1) is 18.4. The highest BCUT2D eigenvalue weighted by molar-refractivity contribution is 7.89. The van der Waals surface area contributed by atoms with Crippen molar-refractivity contribution in [2.75, 3.05) is 20.2 Å². The van der Waals surface area contributed by atoms with Crippen LogP contribution in [-0.4, -0.2) is 48.6 Å². The van der Waals surface area contributed by atoms with E-state index in [9.17, 15) is 13.2 Å². The van der Waals surface area contributed by atoms with Crippen molar-refractivity contribution in [3.8, 4) is 5.75 Å². The normalized spacial score (nSPS) is 18.6. The van der Waals surface area contributed by atoms with Gasteiger partial charge in [0.25, 0.3) is 5.91 Å². The molecule has 2 heterocycles. The molecule has 140 valence electrons. The molecule has 1 amide bonds. The standard InChI is InChI=1S/C17H22N4O4S/c1-20-9-7-15(19-20)12-4-3-8-21(11-12)26(23,24)13-5-6-16(25-2)14(10-13)17(18)22/h5-7,9-10,12H,3-4,8,11H2,1-2H3,(H2,18,22). The largest absolute Gasteiger partial charge is 0.496 e. The van der Waals surface area contributed by atoms with E-state index in [0.29, 0.717) is 13.1 Å². The molecule has 1 aromatic carbocycles. The zero-order valence-electron chi connectivity index (χ0n) is 14.8. The highest BCUT2D eigenvalue weighted by Gasteiger charge is 2.32. The second-order valence-electron chi connectivity index (χ2n) is 6.34. The van der Waals surface area contributed by atoms with Crippen molar-refractivity contribution in [2.45, 2.75) is 23.7 Å². The summed E-state index contributed by atoms with van der Waals surface area (Å²) in [6.07, 6.45) is 3.49. The third-order valence-corrected chi connectivity index (χ3v) is 6.47. The van der Waals surface area contributed by atoms with E-state index in [1.165, 1.54) is 29.6 Å². The lowest BCUT2D eigenvalue weighted by atomic mass is 9.96. The Labute approximate surface area is 152 Å². The summed E-state index contributed by atoms with van der Waals surface area (Å²) in [4.78, 5) is 11.6. The summed E-state index contributed by atoms with van der Waals surface area (Å²) in [5, 5.41) is 4.40. The smallest absolute Gasteiger partial charge is 0.252 e. The van der Waals surface area contributed by atoms with E-state index in [1.807, 2.05) is 19.3 Å². The van der Waals surface area contributed by atoms with Gasteiger partial charge < -0.3 is 10.5 Å². The first-order valence-electron chi connectivity index (χ1n) is 8.30. The second kappa shape index (κ2) is 7.08. The number of nitrogens with two attached hydrogens (primary N) is 1. The summed E-state index contributed by atoms with van der Waals surface area (Å²) in [7, 11) is -0.504. The van der Waals surface area contributed by atoms with Crippen molar-refractivity contribution in [3.05, 3.63) is 41.7 Å². The van der Waals surface area contributed by atoms with Gasteiger partial charge in [-0.05, 0) is 37.1 Å². The average Bonchev–Trinajstić information content (AvgIpc) is 3.07. The van der Waals surface area contributed by atoms with Gasteiger partial charge in [0, 0.05) is 32.3 Å². The maximum absolute atomic E-state index is 13.1. The third kappa shape index (κ3) is 3.45. The van der Waals surface area contributed by atoms with E-state index < -0.39 is 15.9 Å². The third-order valence-electron chi connectivity index (χ3n) is 4.61. The quantitative estimate of drug-likeness (QED) is 0.838. The summed E-state index contributed by atoms with van der Waals surface area (Å²) in [5.74, 6) is -0.432. The van der Waals surface area contributed by atoms with Crippen molar-refractivity contribution >= 4 is 15.9 Å². The zero-order chi connectivity index (χ0) is 18.9. The van der Waals surface area contributed by atoms with E-state index in [2.05, 4.69) is 5.10 Å². The molecule has 2 aromatic rings. The van der Waals surface area contributed by atoms with Crippen molar-refractivity contribution in [3.63, 3.8) is 0 Å². The minimum Gasteiger partial charge on any atom is -0.496 e. The Hall–Kier alpha value is -2.39. The number of hydrogen-bond donors (Lipinski definition) is 1. The number of primary amides is 1. The summed E-state index contributed by atoms with van der Waals surface area (Å²) < 4.78 is 34.3. The maximum atomic E-state index is 13.1. The average molecular weight is 378 g/mol. The first-order valence-corrected chi connectivity index (χ1v) is 9.74. The Balaban J connectivity index is 1.90. The number of methoxy groups -OCH3 is 1. The van der Waals surface area contributed by atoms with Crippen LogP contribution in [-0.2, 0) is 17.1 Å². The fourth-order valence-corrected chi connectivity index (χ4v) is 4.79. The summed E-state index contributed by atoms with van der Waals surface area (Å²) in [6.45, 7) is 0.793. The number of carbonyl (C=O) groups is 1. The van der Waals surface area contributed by atoms with Crippen LogP contribution in [0.2, 0.25) is 0 Å². The number of carbonyl (C=O) groups excluding carboxylic acids is 1. The molecule has 1 aromatic heterocycles. The number of sulfonamides is 1. The molecule has 1 aliphatic rings. The number of ether oxygens (including phenoxy) is 1. The number of aryl methyl sites for hydroxylation is 1. The highest BCUT2D eigenvalue weighted by Crippen LogP contribution is 2.31. The summed E-state index contributed by atoms with van der Waals surface area (Å²) in [6, 6.07) is 6.08. The number of rotatable bonds is 5. The van der Waals surface area contributed by atoms with Crippen LogP contribution < -0.4 is 10.5 Å². The van der Waals surface area contributed by atoms with E-state index in [4.69, 9.17) is 10.5 Å². The molecule has 1 fully saturated rings. The predicted octanol–water partition coefficient (Wildman–Crippen LogP) is 1.10. The van der Waals surface area contributed by atoms with Crippen molar-refractivity contribution in [1.82, 2.24) is 14.1 Å². The van der Waals surface area contributed by atoms with Crippen molar-refractivity contribution < 1.29 is 17.9 Å². The zero-order valence-corrected chi connectivity index (χ0v) is 15.6. The van der Waals surface area contributed by atoms with E-state index >= 15 is 0 Å². The topological polar surface area (TPSA) is 108 Å². The molecule has 0 saturated carbocycles. The van der Waals surface area contributed by atoms with E-state index in [-0.39, 0.29) is 22.1 Å². The molecule has 1 aliphatic heterocycles. The van der Waals surface area contributed by atoms with Gasteiger partial charge in [0.2, 0.25) is 10.0 Å². The number of hydrogen-bond acceptors (Lipinski definition) is 5. The molecular formula is C17H22N4O4S. The van der Waals surface area contributed by atoms with Crippen LogP contribution in [0, 0.1) is 0 Å². The molecule has 0 aliphatic carbocycles. The molecule has 2 N–H and O–H groups in total. The molecule has 3 rings (SSSR count). The van der Waals surface area contributed by atoms with Gasteiger partial charge in [-0.25, -0.2) is 8.42 Å². The number of amides is 1. The number of piperidine rings is 1. The predicted molar refractivity (Wildman–Crippen MR) is 95.5 cm³/mol. The maximum Gasteiger partial charge on any atom is 0.252 e. The molecule has 1 saturated heterocycles. The van der Waals surface area contributed by atoms with Crippen LogP contribution in [0.1, 0.15) is 34.8 Å². The lowest BCUT2D eigenvalue weighted by Crippen LogP contribution is -2.39. The molecular weight excluding hydrogens is 356 g/mol. The minimum absolute atomic E-state index is 0.0359. The van der Waals surface area contributed by atoms with Gasteiger partial charge in [0.05, 0.1) is 23.3 Å². The Morgan fingerprint density at radius 1 is 1.35 bits per heavy atom. The molecule has 8 nitrogen and oxygen atoms in total. The van der Waals surface area contributed by atoms with Crippen LogP contribution in [0.15, 0.2) is 35.4 Å². The second-order valence-corrected chi connectivity index (χ2v) is 8.28. The Bertz CT molecular complexity index is 923. The lowest BCUT2D eigenvalue weighted by molar-refractivity contribution is 0.0997. The summed E-state index contributed by atoms with van der Waals surface area (Å²) in [5.41, 5.74) is 6.28. The van der Waals surface area contributed by atoms with E-state index in [1.54, 1.807) is 4.68 Å². The van der Waals surface area contributed by atoms with Gasteiger partial charge in [-0.15, -0.1) is 0 Å². The SMILES string of the molecule is COc1ccc(S(=O)(=O)N2CCCC(c3ccn(C)n3)C2)cc1C(N)=O. The molecule has 26 heavy (non-hydrogen) atoms. The fourth-order valence-electron chi connectivity index (χ4n) is 3.24. The molecule has 1 atom stereocenters. The van der Waals surface area contributed by atoms with E-state index in [0.717, 1.165) is 18.5 Å². The Morgan fingerprint density at radius 2 is 2.12 bits per heavy atom. The van der Waals surface area contributed by atoms with Crippen LogP contribution in [0.25, 0.3) is 0 Å². The van der Waals surface area contributed by atoms with Crippen LogP contribution in [0.4, 0.5) is 0 Å². The van der Waals surface area contributed by atoms with Crippen LogP contribution in [0.3, 0.4) is 0 Å². The molecule has 0 bridgehead atoms. The Morgan fingerprint density at radius 3 is 2.73 bits per heavy atom. The highest BCUT2D eigenvalue weighted by atomic mass is 32.2. The fraction of sp³-hybridized carbons (Fsp3) is 0.412. The number of benzene rings is 1. The Kier molecular flexibility index (Phi) is 5.01. The summed E-state index contributed by atoms with van der Waals surface area (Å²) >= 11 is 0. The van der Waals surface area contributed by atoms with Gasteiger partial charge in [0.1, 0.15) is 5.75 Å². The molecule has 0 spiro atoms. The first-order chi connectivity index (χ1) is 12.3. The molecule has 1 unspecified atom stereocenters. The van der Waals surface area contributed by atoms with Gasteiger partial charge in [-0.3, -0.25) is 9.48 Å². The van der Waals surface area contributed by atoms with Gasteiger partial charge in [-0.2, -0.15) is 9.40 Å².